The summed E-state index contributed by atoms with van der Waals surface area (Å²) in [5, 5.41) is 4.93. The second-order valence-corrected chi connectivity index (χ2v) is 8.80. The number of aromatic nitrogens is 2. The van der Waals surface area contributed by atoms with Gasteiger partial charge in [-0.3, -0.25) is 9.78 Å². The molecule has 0 unspecified atom stereocenters. The molecule has 5 nitrogen and oxygen atoms in total. The average Bonchev–Trinajstić information content (AvgIpc) is 3.32. The lowest BCUT2D eigenvalue weighted by molar-refractivity contribution is -0.129. The fourth-order valence-corrected chi connectivity index (χ4v) is 5.39. The Morgan fingerprint density at radius 3 is 2.82 bits per heavy atom. The van der Waals surface area contributed by atoms with E-state index in [1.54, 1.807) is 6.92 Å². The van der Waals surface area contributed by atoms with Crippen LogP contribution in [-0.4, -0.2) is 46.5 Å². The Kier molecular flexibility index (Phi) is 4.50. The van der Waals surface area contributed by atoms with Gasteiger partial charge in [0.15, 0.2) is 0 Å². The van der Waals surface area contributed by atoms with E-state index in [2.05, 4.69) is 41.4 Å². The van der Waals surface area contributed by atoms with Crippen molar-refractivity contribution in [3.8, 4) is 0 Å². The molecule has 0 radical (unpaired) electrons. The van der Waals surface area contributed by atoms with Crippen LogP contribution < -0.4 is 5.32 Å². The number of likely N-dealkylation sites (tertiary alicyclic amines) is 1. The molecule has 4 heterocycles. The van der Waals surface area contributed by atoms with Gasteiger partial charge in [-0.25, -0.2) is 0 Å². The van der Waals surface area contributed by atoms with E-state index >= 15 is 0 Å². The van der Waals surface area contributed by atoms with E-state index < -0.39 is 0 Å². The Bertz CT molecular complexity index is 936. The van der Waals surface area contributed by atoms with Crippen molar-refractivity contribution in [3.63, 3.8) is 0 Å². The molecule has 2 aromatic heterocycles. The molecular formula is C23H30N4O. The molecule has 2 aromatic rings. The van der Waals surface area contributed by atoms with Crippen LogP contribution in [-0.2, 0) is 11.2 Å². The Morgan fingerprint density at radius 1 is 1.25 bits per heavy atom. The summed E-state index contributed by atoms with van der Waals surface area (Å²) in [6, 6.07) is 0.489. The smallest absolute Gasteiger partial charge is 0.219 e. The van der Waals surface area contributed by atoms with Crippen LogP contribution in [0.3, 0.4) is 0 Å². The van der Waals surface area contributed by atoms with Gasteiger partial charge in [-0.2, -0.15) is 0 Å². The Balaban J connectivity index is 1.59. The molecule has 2 aliphatic heterocycles. The molecule has 148 valence electrons. The third-order valence-electron chi connectivity index (χ3n) is 7.14. The van der Waals surface area contributed by atoms with Gasteiger partial charge in [0.1, 0.15) is 0 Å². The summed E-state index contributed by atoms with van der Waals surface area (Å²) in [6.07, 6.45) is 13.3. The van der Waals surface area contributed by atoms with Crippen molar-refractivity contribution >= 4 is 22.9 Å². The van der Waals surface area contributed by atoms with Crippen LogP contribution >= 0.6 is 0 Å². The van der Waals surface area contributed by atoms with E-state index in [1.165, 1.54) is 34.1 Å². The first kappa shape index (κ1) is 17.9. The van der Waals surface area contributed by atoms with Crippen LogP contribution in [0.4, 0.5) is 0 Å². The minimum Gasteiger partial charge on any atom is -0.343 e. The van der Waals surface area contributed by atoms with Gasteiger partial charge in [0.25, 0.3) is 0 Å². The van der Waals surface area contributed by atoms with Crippen LogP contribution in [0.25, 0.3) is 17.0 Å². The number of rotatable bonds is 2. The average molecular weight is 379 g/mol. The second kappa shape index (κ2) is 7.03. The summed E-state index contributed by atoms with van der Waals surface area (Å²) in [5.74, 6) is 1.38. The zero-order valence-corrected chi connectivity index (χ0v) is 16.9. The highest BCUT2D eigenvalue weighted by Crippen LogP contribution is 2.40. The molecule has 2 saturated heterocycles. The summed E-state index contributed by atoms with van der Waals surface area (Å²) in [4.78, 5) is 18.5. The third-order valence-corrected chi connectivity index (χ3v) is 7.14. The van der Waals surface area contributed by atoms with Crippen LogP contribution in [0, 0.1) is 5.92 Å². The third kappa shape index (κ3) is 2.87. The standard InChI is InChI=1S/C23H30N4O/c1-15-6-9-24-13-22(15)27-14-20(17-7-10-26(11-8-17)16(2)28)19-12-25-21-5-3-4-18(21)23(19)27/h3-4,12,14-15,17,22,24H,5-11,13H2,1-2H3/t15-,22+/m1/s1. The molecule has 2 fully saturated rings. The van der Waals surface area contributed by atoms with Crippen molar-refractivity contribution in [2.75, 3.05) is 26.2 Å². The topological polar surface area (TPSA) is 50.2 Å². The van der Waals surface area contributed by atoms with Crippen LogP contribution in [0.2, 0.25) is 0 Å². The molecule has 3 aliphatic rings. The van der Waals surface area contributed by atoms with Crippen molar-refractivity contribution in [1.82, 2.24) is 19.8 Å². The normalized spacial score (nSPS) is 25.4. The maximum Gasteiger partial charge on any atom is 0.219 e. The van der Waals surface area contributed by atoms with Gasteiger partial charge in [0.2, 0.25) is 5.91 Å². The molecule has 1 N–H and O–H groups in total. The number of carbonyl (C=O) groups is 1. The number of hydrogen-bond donors (Lipinski definition) is 1. The number of nitrogens with zero attached hydrogens (tertiary/aromatic N) is 3. The molecule has 0 bridgehead atoms. The van der Waals surface area contributed by atoms with E-state index in [-0.39, 0.29) is 5.91 Å². The predicted molar refractivity (Wildman–Crippen MR) is 112 cm³/mol. The molecule has 28 heavy (non-hydrogen) atoms. The molecule has 1 amide bonds. The monoisotopic (exact) mass is 378 g/mol. The maximum absolute atomic E-state index is 11.7. The van der Waals surface area contributed by atoms with E-state index in [4.69, 9.17) is 4.98 Å². The quantitative estimate of drug-likeness (QED) is 0.870. The number of pyridine rings is 1. The van der Waals surface area contributed by atoms with Gasteiger partial charge in [-0.05, 0) is 43.2 Å². The fraction of sp³-hybridized carbons (Fsp3) is 0.565. The molecule has 0 spiro atoms. The Morgan fingerprint density at radius 2 is 2.07 bits per heavy atom. The predicted octanol–water partition coefficient (Wildman–Crippen LogP) is 3.50. The van der Waals surface area contributed by atoms with Gasteiger partial charge >= 0.3 is 0 Å². The minimum atomic E-state index is 0.201. The van der Waals surface area contributed by atoms with Gasteiger partial charge in [0.05, 0.1) is 11.2 Å². The van der Waals surface area contributed by atoms with Crippen LogP contribution in [0.5, 0.6) is 0 Å². The number of amides is 1. The van der Waals surface area contributed by atoms with E-state index in [0.717, 1.165) is 45.4 Å². The van der Waals surface area contributed by atoms with Gasteiger partial charge < -0.3 is 14.8 Å². The van der Waals surface area contributed by atoms with Gasteiger partial charge in [0, 0.05) is 62.4 Å². The number of piperidine rings is 2. The SMILES string of the molecule is CC(=O)N1CCC(c2cn([C@H]3CNCC[C@H]3C)c3c4c(ncc23)CC=C4)CC1. The zero-order valence-electron chi connectivity index (χ0n) is 16.9. The van der Waals surface area contributed by atoms with E-state index in [0.29, 0.717) is 17.9 Å². The number of hydrogen-bond acceptors (Lipinski definition) is 3. The van der Waals surface area contributed by atoms with Crippen molar-refractivity contribution in [3.05, 3.63) is 35.3 Å². The lowest BCUT2D eigenvalue weighted by atomic mass is 9.89. The van der Waals surface area contributed by atoms with E-state index in [9.17, 15) is 4.79 Å². The highest BCUT2D eigenvalue weighted by atomic mass is 16.2. The summed E-state index contributed by atoms with van der Waals surface area (Å²) in [7, 11) is 0. The summed E-state index contributed by atoms with van der Waals surface area (Å²) in [6.45, 7) is 7.96. The molecular weight excluding hydrogens is 348 g/mol. The Hall–Kier alpha value is -2.14. The lowest BCUT2D eigenvalue weighted by Crippen LogP contribution is -2.37. The first-order valence-electron chi connectivity index (χ1n) is 10.8. The minimum absolute atomic E-state index is 0.201. The molecule has 2 atom stereocenters. The molecule has 5 rings (SSSR count). The number of allylic oxidation sites excluding steroid dienone is 1. The van der Waals surface area contributed by atoms with Crippen LogP contribution in [0.1, 0.15) is 61.9 Å². The highest BCUT2D eigenvalue weighted by molar-refractivity contribution is 5.93. The number of carbonyl (C=O) groups excluding carboxylic acids is 1. The van der Waals surface area contributed by atoms with E-state index in [1.807, 2.05) is 4.90 Å². The largest absolute Gasteiger partial charge is 0.343 e. The molecule has 1 aliphatic carbocycles. The molecule has 5 heteroatoms. The van der Waals surface area contributed by atoms with Crippen LogP contribution in [0.15, 0.2) is 18.5 Å². The van der Waals surface area contributed by atoms with Gasteiger partial charge in [-0.15, -0.1) is 0 Å². The number of nitrogens with one attached hydrogen (secondary N) is 1. The molecule has 0 saturated carbocycles. The summed E-state index contributed by atoms with van der Waals surface area (Å²) in [5.41, 5.74) is 5.35. The zero-order chi connectivity index (χ0) is 19.3. The van der Waals surface area contributed by atoms with Crippen molar-refractivity contribution in [2.24, 2.45) is 5.92 Å². The summed E-state index contributed by atoms with van der Waals surface area (Å²) < 4.78 is 2.56. The first-order chi connectivity index (χ1) is 13.6. The lowest BCUT2D eigenvalue weighted by Gasteiger charge is -2.32. The highest BCUT2D eigenvalue weighted by Gasteiger charge is 2.30. The second-order valence-electron chi connectivity index (χ2n) is 8.80. The maximum atomic E-state index is 11.7. The summed E-state index contributed by atoms with van der Waals surface area (Å²) >= 11 is 0. The first-order valence-corrected chi connectivity index (χ1v) is 10.8. The fourth-order valence-electron chi connectivity index (χ4n) is 5.39. The van der Waals surface area contributed by atoms with Gasteiger partial charge in [-0.1, -0.05) is 19.1 Å². The van der Waals surface area contributed by atoms with Crippen molar-refractivity contribution in [1.29, 1.82) is 0 Å². The Labute approximate surface area is 166 Å². The molecule has 0 aromatic carbocycles. The van der Waals surface area contributed by atoms with Crippen molar-refractivity contribution in [2.45, 2.75) is 51.5 Å². The van der Waals surface area contributed by atoms with Crippen molar-refractivity contribution < 1.29 is 4.79 Å². The number of fused-ring (bicyclic) bond motifs is 3.